The van der Waals surface area contributed by atoms with Gasteiger partial charge in [0, 0.05) is 10.9 Å². The molecule has 0 unspecified atom stereocenters. The molecule has 0 amide bonds. The summed E-state index contributed by atoms with van der Waals surface area (Å²) in [5.74, 6) is 0. The maximum absolute atomic E-state index is 5.88. The lowest BCUT2D eigenvalue weighted by Crippen LogP contribution is -1.67. The summed E-state index contributed by atoms with van der Waals surface area (Å²) in [6, 6.07) is 5.58. The molecule has 0 fully saturated rings. The van der Waals surface area contributed by atoms with E-state index in [0.29, 0.717) is 10.0 Å². The van der Waals surface area contributed by atoms with Crippen molar-refractivity contribution >= 4 is 34.1 Å². The highest BCUT2D eigenvalue weighted by atomic mass is 35.5. The first kappa shape index (κ1) is 7.01. The van der Waals surface area contributed by atoms with Crippen molar-refractivity contribution in [2.75, 3.05) is 0 Å². The van der Waals surface area contributed by atoms with Gasteiger partial charge in [0.15, 0.2) is 0 Å². The molecular weight excluding hydrogens is 181 g/mol. The largest absolute Gasteiger partial charge is 0.352 e. The highest BCUT2D eigenvalue weighted by molar-refractivity contribution is 6.42. The molecule has 1 radical (unpaired) electrons. The van der Waals surface area contributed by atoms with Crippen LogP contribution in [0.3, 0.4) is 0 Å². The number of nitrogens with one attached hydrogen (secondary N) is 1. The predicted octanol–water partition coefficient (Wildman–Crippen LogP) is 3.27. The molecule has 0 aliphatic carbocycles. The molecule has 0 spiro atoms. The van der Waals surface area contributed by atoms with Gasteiger partial charge < -0.3 is 4.98 Å². The number of fused-ring (bicyclic) bond motifs is 1. The van der Waals surface area contributed by atoms with Gasteiger partial charge >= 0.3 is 0 Å². The SMILES string of the molecule is Clc1[c][nH]c2cccc(Cl)c12. The summed E-state index contributed by atoms with van der Waals surface area (Å²) >= 11 is 11.7. The van der Waals surface area contributed by atoms with Crippen molar-refractivity contribution in [1.82, 2.24) is 4.98 Å². The molecule has 1 heterocycles. The molecule has 1 aromatic carbocycles. The highest BCUT2D eigenvalue weighted by Gasteiger charge is 2.03. The summed E-state index contributed by atoms with van der Waals surface area (Å²) < 4.78 is 0. The van der Waals surface area contributed by atoms with Gasteiger partial charge in [-0.1, -0.05) is 29.3 Å². The van der Waals surface area contributed by atoms with Crippen LogP contribution >= 0.6 is 23.2 Å². The van der Waals surface area contributed by atoms with E-state index in [4.69, 9.17) is 23.2 Å². The lowest BCUT2D eigenvalue weighted by atomic mass is 10.2. The lowest BCUT2D eigenvalue weighted by Gasteiger charge is -1.91. The number of halogens is 2. The quantitative estimate of drug-likeness (QED) is 0.648. The summed E-state index contributed by atoms with van der Waals surface area (Å²) in [5.41, 5.74) is 0.919. The van der Waals surface area contributed by atoms with E-state index >= 15 is 0 Å². The number of benzene rings is 1. The Kier molecular flexibility index (Phi) is 1.55. The molecule has 11 heavy (non-hydrogen) atoms. The minimum atomic E-state index is 0.547. The van der Waals surface area contributed by atoms with E-state index in [1.165, 1.54) is 0 Å². The Morgan fingerprint density at radius 2 is 2.09 bits per heavy atom. The number of H-pyrrole nitrogens is 1. The Hall–Kier alpha value is -0.660. The second-order valence-corrected chi connectivity index (χ2v) is 3.01. The van der Waals surface area contributed by atoms with Gasteiger partial charge in [-0.05, 0) is 12.1 Å². The first-order valence-corrected chi connectivity index (χ1v) is 3.88. The fraction of sp³-hybridized carbons (Fsp3) is 0. The Labute approximate surface area is 73.9 Å². The van der Waals surface area contributed by atoms with Crippen molar-refractivity contribution in [3.63, 3.8) is 0 Å². The van der Waals surface area contributed by atoms with Crippen LogP contribution in [0, 0.1) is 6.20 Å². The maximum Gasteiger partial charge on any atom is 0.0836 e. The second-order valence-electron chi connectivity index (χ2n) is 2.23. The zero-order valence-electron chi connectivity index (χ0n) is 5.49. The molecule has 0 aliphatic rings. The fourth-order valence-electron chi connectivity index (χ4n) is 1.04. The van der Waals surface area contributed by atoms with Crippen LogP contribution < -0.4 is 0 Å². The van der Waals surface area contributed by atoms with Gasteiger partial charge in [-0.15, -0.1) is 0 Å². The number of hydrogen-bond acceptors (Lipinski definition) is 0. The molecular formula is C8H4Cl2N. The van der Waals surface area contributed by atoms with E-state index < -0.39 is 0 Å². The number of aromatic amines is 1. The summed E-state index contributed by atoms with van der Waals surface area (Å²) in [5, 5.41) is 2.05. The van der Waals surface area contributed by atoms with E-state index in [0.717, 1.165) is 10.9 Å². The molecule has 1 N–H and O–H groups in total. The lowest BCUT2D eigenvalue weighted by molar-refractivity contribution is 1.46. The molecule has 2 aromatic rings. The number of rotatable bonds is 0. The van der Waals surface area contributed by atoms with Crippen molar-refractivity contribution < 1.29 is 0 Å². The first-order chi connectivity index (χ1) is 5.29. The van der Waals surface area contributed by atoms with Crippen LogP contribution in [0.1, 0.15) is 0 Å². The van der Waals surface area contributed by atoms with Gasteiger partial charge in [0.2, 0.25) is 0 Å². The van der Waals surface area contributed by atoms with Gasteiger partial charge in [-0.25, -0.2) is 0 Å². The van der Waals surface area contributed by atoms with Crippen LogP contribution in [0.15, 0.2) is 18.2 Å². The standard InChI is InChI=1S/C8H4Cl2N/c9-5-2-1-3-7-8(5)6(10)4-11-7/h1-3,11H. The molecule has 2 rings (SSSR count). The molecule has 0 saturated carbocycles. The van der Waals surface area contributed by atoms with E-state index in [1.807, 2.05) is 12.1 Å². The van der Waals surface area contributed by atoms with Gasteiger partial charge in [0.25, 0.3) is 0 Å². The summed E-state index contributed by atoms with van der Waals surface area (Å²) in [7, 11) is 0. The molecule has 0 atom stereocenters. The third kappa shape index (κ3) is 1.01. The predicted molar refractivity (Wildman–Crippen MR) is 47.2 cm³/mol. The Morgan fingerprint density at radius 1 is 1.27 bits per heavy atom. The van der Waals surface area contributed by atoms with Crippen LogP contribution in [0.25, 0.3) is 10.9 Å². The minimum absolute atomic E-state index is 0.547. The zero-order chi connectivity index (χ0) is 7.84. The Morgan fingerprint density at radius 3 is 2.82 bits per heavy atom. The van der Waals surface area contributed by atoms with E-state index in [1.54, 1.807) is 6.07 Å². The van der Waals surface area contributed by atoms with Gasteiger partial charge in [-0.3, -0.25) is 0 Å². The maximum atomic E-state index is 5.88. The number of hydrogen-bond donors (Lipinski definition) is 1. The van der Waals surface area contributed by atoms with Gasteiger partial charge in [0.1, 0.15) is 0 Å². The van der Waals surface area contributed by atoms with E-state index in [9.17, 15) is 0 Å². The summed E-state index contributed by atoms with van der Waals surface area (Å²) in [6.07, 6.45) is 2.77. The molecule has 0 aliphatic heterocycles. The van der Waals surface area contributed by atoms with Crippen LogP contribution in [0.2, 0.25) is 10.0 Å². The molecule has 0 saturated heterocycles. The molecule has 1 nitrogen and oxygen atoms in total. The second kappa shape index (κ2) is 2.43. The highest BCUT2D eigenvalue weighted by Crippen LogP contribution is 2.28. The Bertz CT molecular complexity index is 392. The first-order valence-electron chi connectivity index (χ1n) is 3.12. The zero-order valence-corrected chi connectivity index (χ0v) is 7.00. The van der Waals surface area contributed by atoms with Gasteiger partial charge in [-0.2, -0.15) is 0 Å². The topological polar surface area (TPSA) is 15.8 Å². The number of aromatic nitrogens is 1. The third-order valence-corrected chi connectivity index (χ3v) is 2.14. The van der Waals surface area contributed by atoms with Crippen molar-refractivity contribution in [3.05, 3.63) is 34.4 Å². The monoisotopic (exact) mass is 184 g/mol. The van der Waals surface area contributed by atoms with Crippen LogP contribution in [-0.4, -0.2) is 4.98 Å². The average Bonchev–Trinajstić information content (AvgIpc) is 2.34. The van der Waals surface area contributed by atoms with Gasteiger partial charge in [0.05, 0.1) is 16.2 Å². The van der Waals surface area contributed by atoms with Crippen LogP contribution in [0.5, 0.6) is 0 Å². The Balaban J connectivity index is 2.96. The van der Waals surface area contributed by atoms with Crippen molar-refractivity contribution in [1.29, 1.82) is 0 Å². The van der Waals surface area contributed by atoms with Crippen molar-refractivity contribution in [2.45, 2.75) is 0 Å². The van der Waals surface area contributed by atoms with Crippen LogP contribution in [0.4, 0.5) is 0 Å². The van der Waals surface area contributed by atoms with Crippen LogP contribution in [-0.2, 0) is 0 Å². The fourth-order valence-corrected chi connectivity index (χ4v) is 1.60. The minimum Gasteiger partial charge on any atom is -0.352 e. The molecule has 3 heteroatoms. The summed E-state index contributed by atoms with van der Waals surface area (Å²) in [6.45, 7) is 0. The molecule has 1 aromatic heterocycles. The average molecular weight is 185 g/mol. The van der Waals surface area contributed by atoms with Crippen molar-refractivity contribution in [2.24, 2.45) is 0 Å². The summed E-state index contributed by atoms with van der Waals surface area (Å²) in [4.78, 5) is 2.89. The van der Waals surface area contributed by atoms with E-state index in [2.05, 4.69) is 11.2 Å². The van der Waals surface area contributed by atoms with Crippen molar-refractivity contribution in [3.8, 4) is 0 Å². The smallest absolute Gasteiger partial charge is 0.0836 e. The molecule has 55 valence electrons. The van der Waals surface area contributed by atoms with E-state index in [-0.39, 0.29) is 0 Å². The normalized spacial score (nSPS) is 10.7. The molecule has 0 bridgehead atoms. The third-order valence-electron chi connectivity index (χ3n) is 1.54.